The predicted octanol–water partition coefficient (Wildman–Crippen LogP) is 3.15. The van der Waals surface area contributed by atoms with Gasteiger partial charge in [-0.3, -0.25) is 4.98 Å². The Morgan fingerprint density at radius 2 is 2.16 bits per heavy atom. The maximum atomic E-state index is 4.58. The summed E-state index contributed by atoms with van der Waals surface area (Å²) >= 11 is 3.57. The molecule has 19 heavy (non-hydrogen) atoms. The highest BCUT2D eigenvalue weighted by Crippen LogP contribution is 2.24. The number of rotatable bonds is 5. The van der Waals surface area contributed by atoms with Crippen molar-refractivity contribution in [2.75, 3.05) is 6.54 Å². The lowest BCUT2D eigenvalue weighted by atomic mass is 10.2. The average Bonchev–Trinajstić information content (AvgIpc) is 2.67. The molecule has 0 aromatic carbocycles. The number of hydrogen-bond donors (Lipinski definition) is 1. The molecule has 2 aromatic heterocycles. The average molecular weight is 323 g/mol. The molecule has 0 saturated heterocycles. The van der Waals surface area contributed by atoms with Crippen LogP contribution in [0.4, 0.5) is 0 Å². The summed E-state index contributed by atoms with van der Waals surface area (Å²) in [6.45, 7) is 8.05. The molecule has 0 radical (unpaired) electrons. The molecule has 4 nitrogen and oxygen atoms in total. The van der Waals surface area contributed by atoms with Crippen molar-refractivity contribution in [2.24, 2.45) is 0 Å². The topological polar surface area (TPSA) is 42.7 Å². The molecule has 0 aliphatic carbocycles. The maximum absolute atomic E-state index is 4.58. The van der Waals surface area contributed by atoms with Crippen molar-refractivity contribution in [3.05, 3.63) is 39.9 Å². The zero-order chi connectivity index (χ0) is 13.8. The van der Waals surface area contributed by atoms with E-state index in [2.05, 4.69) is 45.2 Å². The molecule has 2 rings (SSSR count). The number of nitrogens with one attached hydrogen (secondary N) is 1. The predicted molar refractivity (Wildman–Crippen MR) is 80.5 cm³/mol. The summed E-state index contributed by atoms with van der Waals surface area (Å²) in [5.41, 5.74) is 4.36. The van der Waals surface area contributed by atoms with E-state index in [1.54, 1.807) is 0 Å². The van der Waals surface area contributed by atoms with Crippen molar-refractivity contribution < 1.29 is 0 Å². The molecule has 5 heteroatoms. The Labute approximate surface area is 122 Å². The normalized spacial score (nSPS) is 10.9. The van der Waals surface area contributed by atoms with Crippen molar-refractivity contribution in [1.82, 2.24) is 20.1 Å². The van der Waals surface area contributed by atoms with Crippen LogP contribution in [-0.4, -0.2) is 21.3 Å². The van der Waals surface area contributed by atoms with Crippen LogP contribution in [0.25, 0.3) is 5.69 Å². The van der Waals surface area contributed by atoms with E-state index in [1.165, 1.54) is 0 Å². The van der Waals surface area contributed by atoms with E-state index in [-0.39, 0.29) is 0 Å². The molecule has 102 valence electrons. The zero-order valence-electron chi connectivity index (χ0n) is 11.6. The minimum Gasteiger partial charge on any atom is -0.313 e. The SMILES string of the molecule is CCCNCc1cnccc1-n1nc(C)c(Br)c1C. The van der Waals surface area contributed by atoms with E-state index in [1.807, 2.05) is 30.1 Å². The lowest BCUT2D eigenvalue weighted by molar-refractivity contribution is 0.667. The summed E-state index contributed by atoms with van der Waals surface area (Å²) in [5.74, 6) is 0. The number of aryl methyl sites for hydroxylation is 1. The molecular formula is C14H19BrN4. The summed E-state index contributed by atoms with van der Waals surface area (Å²) in [6, 6.07) is 2.01. The van der Waals surface area contributed by atoms with Gasteiger partial charge in [0, 0.05) is 24.5 Å². The summed E-state index contributed by atoms with van der Waals surface area (Å²) in [5, 5.41) is 7.99. The smallest absolute Gasteiger partial charge is 0.0743 e. The van der Waals surface area contributed by atoms with E-state index in [0.717, 1.165) is 46.6 Å². The summed E-state index contributed by atoms with van der Waals surface area (Å²) < 4.78 is 3.04. The van der Waals surface area contributed by atoms with Crippen LogP contribution in [-0.2, 0) is 6.54 Å². The van der Waals surface area contributed by atoms with Gasteiger partial charge < -0.3 is 5.32 Å². The second-order valence-corrected chi connectivity index (χ2v) is 5.37. The molecule has 0 atom stereocenters. The molecule has 2 aromatic rings. The number of pyridine rings is 1. The Morgan fingerprint density at radius 1 is 1.37 bits per heavy atom. The number of nitrogens with zero attached hydrogens (tertiary/aromatic N) is 3. The summed E-state index contributed by atoms with van der Waals surface area (Å²) in [4.78, 5) is 4.22. The van der Waals surface area contributed by atoms with Crippen LogP contribution in [0, 0.1) is 13.8 Å². The molecule has 0 aliphatic heterocycles. The highest BCUT2D eigenvalue weighted by molar-refractivity contribution is 9.10. The fourth-order valence-electron chi connectivity index (χ4n) is 2.02. The van der Waals surface area contributed by atoms with Crippen LogP contribution in [0.2, 0.25) is 0 Å². The second kappa shape index (κ2) is 6.30. The first-order valence-electron chi connectivity index (χ1n) is 6.50. The molecule has 0 bridgehead atoms. The fourth-order valence-corrected chi connectivity index (χ4v) is 2.27. The number of hydrogen-bond acceptors (Lipinski definition) is 3. The Hall–Kier alpha value is -1.20. The third-order valence-electron chi connectivity index (χ3n) is 3.05. The van der Waals surface area contributed by atoms with Crippen molar-refractivity contribution in [3.63, 3.8) is 0 Å². The van der Waals surface area contributed by atoms with E-state index < -0.39 is 0 Å². The van der Waals surface area contributed by atoms with E-state index in [4.69, 9.17) is 0 Å². The van der Waals surface area contributed by atoms with Gasteiger partial charge in [0.05, 0.1) is 21.5 Å². The molecule has 0 unspecified atom stereocenters. The molecule has 0 saturated carbocycles. The van der Waals surface area contributed by atoms with Crippen LogP contribution >= 0.6 is 15.9 Å². The Bertz CT molecular complexity index is 563. The van der Waals surface area contributed by atoms with Crippen molar-refractivity contribution in [3.8, 4) is 5.69 Å². The molecule has 0 fully saturated rings. The van der Waals surface area contributed by atoms with Gasteiger partial charge in [0.25, 0.3) is 0 Å². The van der Waals surface area contributed by atoms with E-state index in [0.29, 0.717) is 0 Å². The van der Waals surface area contributed by atoms with E-state index in [9.17, 15) is 0 Å². The monoisotopic (exact) mass is 322 g/mol. The third kappa shape index (κ3) is 3.04. The van der Waals surface area contributed by atoms with E-state index >= 15 is 0 Å². The van der Waals surface area contributed by atoms with Crippen LogP contribution in [0.3, 0.4) is 0 Å². The zero-order valence-corrected chi connectivity index (χ0v) is 13.2. The van der Waals surface area contributed by atoms with Gasteiger partial charge in [-0.15, -0.1) is 0 Å². The minimum absolute atomic E-state index is 0.812. The highest BCUT2D eigenvalue weighted by atomic mass is 79.9. The second-order valence-electron chi connectivity index (χ2n) is 4.58. The number of halogens is 1. The largest absolute Gasteiger partial charge is 0.313 e. The molecular weight excluding hydrogens is 304 g/mol. The van der Waals surface area contributed by atoms with Gasteiger partial charge in [-0.05, 0) is 48.8 Å². The Balaban J connectivity index is 2.36. The van der Waals surface area contributed by atoms with Crippen molar-refractivity contribution >= 4 is 15.9 Å². The fraction of sp³-hybridized carbons (Fsp3) is 0.429. The minimum atomic E-state index is 0.812. The molecule has 0 spiro atoms. The van der Waals surface area contributed by atoms with Gasteiger partial charge in [0.1, 0.15) is 0 Å². The Morgan fingerprint density at radius 3 is 2.79 bits per heavy atom. The first kappa shape index (κ1) is 14.2. The quantitative estimate of drug-likeness (QED) is 0.860. The lowest BCUT2D eigenvalue weighted by Crippen LogP contribution is -2.16. The highest BCUT2D eigenvalue weighted by Gasteiger charge is 2.12. The van der Waals surface area contributed by atoms with Gasteiger partial charge in [-0.2, -0.15) is 5.10 Å². The van der Waals surface area contributed by atoms with Gasteiger partial charge in [0.15, 0.2) is 0 Å². The Kier molecular flexibility index (Phi) is 4.71. The third-order valence-corrected chi connectivity index (χ3v) is 4.20. The molecule has 1 N–H and O–H groups in total. The van der Waals surface area contributed by atoms with Crippen molar-refractivity contribution in [1.29, 1.82) is 0 Å². The summed E-state index contributed by atoms with van der Waals surface area (Å²) in [7, 11) is 0. The van der Waals surface area contributed by atoms with Crippen LogP contribution in [0.1, 0.15) is 30.3 Å². The van der Waals surface area contributed by atoms with Crippen LogP contribution in [0.15, 0.2) is 22.9 Å². The van der Waals surface area contributed by atoms with Gasteiger partial charge in [0.2, 0.25) is 0 Å². The van der Waals surface area contributed by atoms with Gasteiger partial charge in [-0.25, -0.2) is 4.68 Å². The molecule has 0 aliphatic rings. The lowest BCUT2D eigenvalue weighted by Gasteiger charge is -2.11. The molecule has 0 amide bonds. The number of aromatic nitrogens is 3. The van der Waals surface area contributed by atoms with Gasteiger partial charge in [-0.1, -0.05) is 6.92 Å². The van der Waals surface area contributed by atoms with Gasteiger partial charge >= 0.3 is 0 Å². The summed E-state index contributed by atoms with van der Waals surface area (Å²) in [6.07, 6.45) is 4.84. The van der Waals surface area contributed by atoms with Crippen LogP contribution in [0.5, 0.6) is 0 Å². The first-order chi connectivity index (χ1) is 9.15. The standard InChI is InChI=1S/C14H19BrN4/c1-4-6-16-8-12-9-17-7-5-13(12)19-11(3)14(15)10(2)18-19/h5,7,9,16H,4,6,8H2,1-3H3. The van der Waals surface area contributed by atoms with Crippen molar-refractivity contribution in [2.45, 2.75) is 33.7 Å². The molecule has 2 heterocycles. The van der Waals surface area contributed by atoms with Crippen LogP contribution < -0.4 is 5.32 Å². The first-order valence-corrected chi connectivity index (χ1v) is 7.30. The maximum Gasteiger partial charge on any atom is 0.0743 e.